The number of carbonyl (C=O) groups excluding carboxylic acids is 7. The van der Waals surface area contributed by atoms with Crippen LogP contribution in [0.2, 0.25) is 0 Å². The Balaban J connectivity index is 1.32. The van der Waals surface area contributed by atoms with Crippen LogP contribution in [0, 0.1) is 11.3 Å². The summed E-state index contributed by atoms with van der Waals surface area (Å²) in [5.41, 5.74) is 5.92. The number of amides is 6. The highest BCUT2D eigenvalue weighted by molar-refractivity contribution is 6.13. The third kappa shape index (κ3) is 13.9. The minimum atomic E-state index is -1.21. The minimum absolute atomic E-state index is 0.147. The molecule has 0 spiro atoms. The van der Waals surface area contributed by atoms with E-state index < -0.39 is 41.3 Å². The van der Waals surface area contributed by atoms with Gasteiger partial charge in [0.05, 0.1) is 11.1 Å². The number of Topliss-reactive ketones (excluding diaryl/α,β-unsaturated/α-hetero) is 2. The molecule has 1 heterocycles. The third-order valence-corrected chi connectivity index (χ3v) is 10.3. The fourth-order valence-corrected chi connectivity index (χ4v) is 6.83. The molecule has 1 aliphatic carbocycles. The predicted octanol–water partition coefficient (Wildman–Crippen LogP) is 5.21. The Kier molecular flexibility index (Phi) is 17.0. The first kappa shape index (κ1) is 45.8. The van der Waals surface area contributed by atoms with Crippen LogP contribution >= 0.6 is 0 Å². The number of hydrogen-bond donors (Lipinski definition) is 6. The average molecular weight is 828 g/mol. The largest absolute Gasteiger partial charge is 0.478 e. The van der Waals surface area contributed by atoms with E-state index in [9.17, 15) is 43.2 Å². The SMILES string of the molecule is NC(=O)NCCC[C@H](CC(=O)C1(C(=O)CCCCCCN2C(=O)C=CC2=O)CCC1)C(=O)Nc1ccc(COC(=O)Nc2cc(/C=C/C(=O)O)ccc2/C=C/C(=O)O)cc1. The van der Waals surface area contributed by atoms with Gasteiger partial charge in [-0.2, -0.15) is 0 Å². The van der Waals surface area contributed by atoms with Crippen LogP contribution in [0.25, 0.3) is 12.2 Å². The molecule has 1 fully saturated rings. The molecule has 7 N–H and O–H groups in total. The zero-order chi connectivity index (χ0) is 43.7. The number of imide groups is 1. The van der Waals surface area contributed by atoms with Crippen LogP contribution in [0.15, 0.2) is 66.8 Å². The van der Waals surface area contributed by atoms with Gasteiger partial charge in [-0.05, 0) is 85.6 Å². The normalized spacial score (nSPS) is 14.8. The third-order valence-electron chi connectivity index (χ3n) is 10.3. The molecule has 6 amide bonds. The lowest BCUT2D eigenvalue weighted by atomic mass is 9.61. The number of carboxylic acid groups (broad SMARTS) is 2. The highest BCUT2D eigenvalue weighted by Crippen LogP contribution is 2.45. The second-order valence-corrected chi connectivity index (χ2v) is 14.5. The van der Waals surface area contributed by atoms with Gasteiger partial charge in [0, 0.05) is 61.8 Å². The number of urea groups is 1. The van der Waals surface area contributed by atoms with E-state index in [1.165, 1.54) is 41.3 Å². The first-order valence-electron chi connectivity index (χ1n) is 19.6. The number of ether oxygens (including phenoxy) is 1. The maximum Gasteiger partial charge on any atom is 0.411 e. The molecule has 2 aromatic rings. The van der Waals surface area contributed by atoms with Gasteiger partial charge < -0.3 is 31.3 Å². The predicted molar refractivity (Wildman–Crippen MR) is 219 cm³/mol. The lowest BCUT2D eigenvalue weighted by Gasteiger charge is -2.39. The van der Waals surface area contributed by atoms with Crippen LogP contribution in [0.5, 0.6) is 0 Å². The van der Waals surface area contributed by atoms with Crippen molar-refractivity contribution in [3.05, 3.63) is 83.5 Å². The Morgan fingerprint density at radius 2 is 1.48 bits per heavy atom. The van der Waals surface area contributed by atoms with E-state index in [2.05, 4.69) is 16.0 Å². The highest BCUT2D eigenvalue weighted by atomic mass is 16.5. The van der Waals surface area contributed by atoms with Crippen molar-refractivity contribution in [3.8, 4) is 0 Å². The van der Waals surface area contributed by atoms with Crippen LogP contribution in [0.4, 0.5) is 21.0 Å². The number of nitrogens with one attached hydrogen (secondary N) is 3. The molecule has 4 rings (SSSR count). The number of anilines is 2. The summed E-state index contributed by atoms with van der Waals surface area (Å²) in [5, 5.41) is 25.8. The van der Waals surface area contributed by atoms with Gasteiger partial charge in [-0.1, -0.05) is 43.5 Å². The molecule has 318 valence electrons. The van der Waals surface area contributed by atoms with Crippen molar-refractivity contribution >= 4 is 76.9 Å². The summed E-state index contributed by atoms with van der Waals surface area (Å²) in [6.45, 7) is 0.311. The summed E-state index contributed by atoms with van der Waals surface area (Å²) < 4.78 is 5.34. The number of carboxylic acids is 2. The molecule has 17 nitrogen and oxygen atoms in total. The van der Waals surface area contributed by atoms with Gasteiger partial charge in [0.15, 0.2) is 0 Å². The summed E-state index contributed by atoms with van der Waals surface area (Å²) >= 11 is 0. The number of hydrogen-bond acceptors (Lipinski definition) is 10. The molecule has 2 aliphatic rings. The zero-order valence-electron chi connectivity index (χ0n) is 33.0. The van der Waals surface area contributed by atoms with Gasteiger partial charge >= 0.3 is 24.1 Å². The molecular weight excluding hydrogens is 778 g/mol. The molecule has 0 radical (unpaired) electrons. The van der Waals surface area contributed by atoms with E-state index >= 15 is 0 Å². The fraction of sp³-hybridized carbons (Fsp3) is 0.372. The molecule has 0 aromatic heterocycles. The van der Waals surface area contributed by atoms with Gasteiger partial charge in [-0.15, -0.1) is 0 Å². The van der Waals surface area contributed by atoms with E-state index in [1.807, 2.05) is 0 Å². The summed E-state index contributed by atoms with van der Waals surface area (Å²) in [6.07, 6.45) is 10.7. The number of nitrogens with zero attached hydrogens (tertiary/aromatic N) is 1. The fourth-order valence-electron chi connectivity index (χ4n) is 6.83. The van der Waals surface area contributed by atoms with Crippen LogP contribution in [0.1, 0.15) is 87.3 Å². The molecule has 17 heteroatoms. The van der Waals surface area contributed by atoms with E-state index in [-0.39, 0.29) is 61.5 Å². The van der Waals surface area contributed by atoms with E-state index in [4.69, 9.17) is 20.7 Å². The number of rotatable bonds is 24. The van der Waals surface area contributed by atoms with Crippen LogP contribution in [0.3, 0.4) is 0 Å². The van der Waals surface area contributed by atoms with Gasteiger partial charge in [0.25, 0.3) is 11.8 Å². The Morgan fingerprint density at radius 1 is 0.817 bits per heavy atom. The van der Waals surface area contributed by atoms with Crippen molar-refractivity contribution < 1.29 is 58.1 Å². The van der Waals surface area contributed by atoms with E-state index in [0.717, 1.165) is 12.2 Å². The molecule has 1 saturated carbocycles. The number of ketones is 2. The second kappa shape index (κ2) is 22.3. The first-order chi connectivity index (χ1) is 28.7. The average Bonchev–Trinajstić information content (AvgIpc) is 3.50. The Hall–Kier alpha value is -6.91. The van der Waals surface area contributed by atoms with Crippen molar-refractivity contribution in [2.24, 2.45) is 17.1 Å². The van der Waals surface area contributed by atoms with Crippen molar-refractivity contribution in [3.63, 3.8) is 0 Å². The summed E-state index contributed by atoms with van der Waals surface area (Å²) in [5.74, 6) is -4.76. The summed E-state index contributed by atoms with van der Waals surface area (Å²) in [6, 6.07) is 10.2. The van der Waals surface area contributed by atoms with Crippen molar-refractivity contribution in [1.82, 2.24) is 10.2 Å². The number of nitrogens with two attached hydrogens (primary N) is 1. The highest BCUT2D eigenvalue weighted by Gasteiger charge is 2.49. The van der Waals surface area contributed by atoms with Crippen molar-refractivity contribution in [2.45, 2.75) is 77.2 Å². The van der Waals surface area contributed by atoms with Crippen LogP contribution < -0.4 is 21.7 Å². The van der Waals surface area contributed by atoms with Gasteiger partial charge in [-0.25, -0.2) is 19.2 Å². The van der Waals surface area contributed by atoms with E-state index in [0.29, 0.717) is 80.3 Å². The number of primary amides is 1. The Labute approximate surface area is 346 Å². The monoisotopic (exact) mass is 827 g/mol. The van der Waals surface area contributed by atoms with Crippen LogP contribution in [-0.4, -0.2) is 81.6 Å². The lowest BCUT2D eigenvalue weighted by Crippen LogP contribution is -2.46. The molecule has 0 unspecified atom stereocenters. The van der Waals surface area contributed by atoms with Crippen LogP contribution in [-0.2, 0) is 44.9 Å². The minimum Gasteiger partial charge on any atom is -0.478 e. The quantitative estimate of drug-likeness (QED) is 0.0345. The maximum atomic E-state index is 13.8. The topological polar surface area (TPSA) is 269 Å². The lowest BCUT2D eigenvalue weighted by molar-refractivity contribution is -0.148. The van der Waals surface area contributed by atoms with Gasteiger partial charge in [0.1, 0.15) is 18.2 Å². The van der Waals surface area contributed by atoms with Gasteiger partial charge in [0.2, 0.25) is 5.91 Å². The summed E-state index contributed by atoms with van der Waals surface area (Å²) in [7, 11) is 0. The number of aliphatic carboxylic acids is 2. The maximum absolute atomic E-state index is 13.8. The Morgan fingerprint density at radius 3 is 2.12 bits per heavy atom. The number of unbranched alkanes of at least 4 members (excludes halogenated alkanes) is 3. The second-order valence-electron chi connectivity index (χ2n) is 14.5. The molecule has 1 aliphatic heterocycles. The smallest absolute Gasteiger partial charge is 0.411 e. The summed E-state index contributed by atoms with van der Waals surface area (Å²) in [4.78, 5) is 111. The van der Waals surface area contributed by atoms with E-state index in [1.54, 1.807) is 30.3 Å². The molecule has 60 heavy (non-hydrogen) atoms. The van der Waals surface area contributed by atoms with Crippen molar-refractivity contribution in [1.29, 1.82) is 0 Å². The van der Waals surface area contributed by atoms with Crippen molar-refractivity contribution in [2.75, 3.05) is 23.7 Å². The molecule has 1 atom stereocenters. The standard InChI is InChI=1S/C43H49N5O12/c44-41(58)45-23-5-7-31(26-35(50)43(21-6-22-43)34(49)8-3-1-2-4-24-48-36(51)17-18-37(48)52)40(57)46-32-15-10-29(11-16-32)27-60-42(59)47-33-25-28(12-19-38(53)54)9-13-30(33)14-20-39(55)56/h9-20,25,31H,1-8,21-24,26-27H2,(H,46,57)(H,47,59)(H,53,54)(H,55,56)(H3,44,45,58)/b19-12+,20-14+/t31-/m1/s1. The molecule has 0 bridgehead atoms. The molecular formula is C43H49N5O12. The number of benzene rings is 2. The Bertz CT molecular complexity index is 2030. The van der Waals surface area contributed by atoms with Gasteiger partial charge in [-0.3, -0.25) is 34.2 Å². The molecule has 0 saturated heterocycles. The number of carbonyl (C=O) groups is 9. The zero-order valence-corrected chi connectivity index (χ0v) is 33.0. The molecule has 2 aromatic carbocycles. The first-order valence-corrected chi connectivity index (χ1v) is 19.6.